The topological polar surface area (TPSA) is 64.1 Å². The van der Waals surface area contributed by atoms with E-state index in [0.29, 0.717) is 30.7 Å². The predicted octanol–water partition coefficient (Wildman–Crippen LogP) is 3.98. The molecule has 0 saturated carbocycles. The van der Waals surface area contributed by atoms with Gasteiger partial charge in [-0.15, -0.1) is 0 Å². The summed E-state index contributed by atoms with van der Waals surface area (Å²) < 4.78 is 32.9. The summed E-state index contributed by atoms with van der Waals surface area (Å²) in [6, 6.07) is 7.33. The third-order valence-electron chi connectivity index (χ3n) is 4.09. The molecule has 0 bridgehead atoms. The first-order chi connectivity index (χ1) is 12.1. The normalized spacial score (nSPS) is 13.9. The first kappa shape index (κ1) is 15.4. The van der Waals surface area contributed by atoms with Crippen LogP contribution < -0.4 is 10.1 Å². The van der Waals surface area contributed by atoms with Gasteiger partial charge in [-0.3, -0.25) is 4.79 Å². The van der Waals surface area contributed by atoms with Crippen LogP contribution >= 0.6 is 0 Å². The van der Waals surface area contributed by atoms with Crippen LogP contribution in [-0.2, 0) is 11.2 Å². The number of hydrogen-bond acceptors (Lipinski definition) is 4. The van der Waals surface area contributed by atoms with Crippen LogP contribution in [0.4, 0.5) is 14.5 Å². The molecule has 1 aliphatic rings. The second-order valence-electron chi connectivity index (χ2n) is 5.75. The number of aromatic nitrogens is 2. The average molecular weight is 341 g/mol. The molecule has 2 aromatic carbocycles. The molecule has 1 N–H and O–H groups in total. The molecule has 1 aromatic heterocycles. The molecule has 7 heteroatoms. The van der Waals surface area contributed by atoms with Gasteiger partial charge in [-0.2, -0.15) is 0 Å². The molecule has 4 rings (SSSR count). The van der Waals surface area contributed by atoms with Gasteiger partial charge in [-0.05, 0) is 31.0 Å². The van der Waals surface area contributed by atoms with Gasteiger partial charge in [0.05, 0.1) is 10.9 Å². The second-order valence-corrected chi connectivity index (χ2v) is 5.75. The van der Waals surface area contributed by atoms with Gasteiger partial charge in [-0.25, -0.2) is 18.7 Å². The van der Waals surface area contributed by atoms with Crippen LogP contribution in [0.25, 0.3) is 10.9 Å². The van der Waals surface area contributed by atoms with Crippen molar-refractivity contribution in [1.29, 1.82) is 0 Å². The summed E-state index contributed by atoms with van der Waals surface area (Å²) >= 11 is 0. The van der Waals surface area contributed by atoms with Crippen LogP contribution in [0.3, 0.4) is 0 Å². The Morgan fingerprint density at radius 2 is 1.92 bits per heavy atom. The van der Waals surface area contributed by atoms with Gasteiger partial charge >= 0.3 is 0 Å². The van der Waals surface area contributed by atoms with Crippen LogP contribution in [0.5, 0.6) is 11.6 Å². The highest BCUT2D eigenvalue weighted by Crippen LogP contribution is 2.35. The van der Waals surface area contributed by atoms with Gasteiger partial charge < -0.3 is 10.1 Å². The third kappa shape index (κ3) is 2.88. The fourth-order valence-electron chi connectivity index (χ4n) is 2.89. The monoisotopic (exact) mass is 341 g/mol. The largest absolute Gasteiger partial charge is 0.438 e. The summed E-state index contributed by atoms with van der Waals surface area (Å²) in [5, 5.41) is 3.12. The minimum Gasteiger partial charge on any atom is -0.438 e. The van der Waals surface area contributed by atoms with Gasteiger partial charge in [-0.1, -0.05) is 6.07 Å². The van der Waals surface area contributed by atoms with Crippen LogP contribution in [0.1, 0.15) is 18.4 Å². The Bertz CT molecular complexity index is 991. The van der Waals surface area contributed by atoms with E-state index in [4.69, 9.17) is 4.74 Å². The maximum absolute atomic E-state index is 13.6. The van der Waals surface area contributed by atoms with Gasteiger partial charge in [0.2, 0.25) is 11.8 Å². The van der Waals surface area contributed by atoms with Gasteiger partial charge in [0, 0.05) is 23.7 Å². The highest BCUT2D eigenvalue weighted by molar-refractivity contribution is 5.92. The highest BCUT2D eigenvalue weighted by atomic mass is 19.2. The molecule has 5 nitrogen and oxygen atoms in total. The molecule has 0 atom stereocenters. The summed E-state index contributed by atoms with van der Waals surface area (Å²) in [6.45, 7) is 0. The van der Waals surface area contributed by atoms with Crippen LogP contribution in [0.2, 0.25) is 0 Å². The molecule has 1 aliphatic heterocycles. The van der Waals surface area contributed by atoms with Crippen molar-refractivity contribution in [3.8, 4) is 11.6 Å². The number of halogens is 2. The molecule has 126 valence electrons. The van der Waals surface area contributed by atoms with Crippen molar-refractivity contribution in [2.24, 2.45) is 0 Å². The molecular weight excluding hydrogens is 328 g/mol. The Morgan fingerprint density at radius 3 is 2.80 bits per heavy atom. The summed E-state index contributed by atoms with van der Waals surface area (Å²) in [6.07, 6.45) is 3.03. The number of amides is 1. The van der Waals surface area contributed by atoms with Gasteiger partial charge in [0.1, 0.15) is 12.1 Å². The Morgan fingerprint density at radius 1 is 1.08 bits per heavy atom. The number of anilines is 1. The van der Waals surface area contributed by atoms with E-state index in [-0.39, 0.29) is 22.7 Å². The number of carbonyl (C=O) groups excluding carboxylic acids is 1. The van der Waals surface area contributed by atoms with E-state index in [1.165, 1.54) is 6.33 Å². The predicted molar refractivity (Wildman–Crippen MR) is 87.5 cm³/mol. The number of nitrogens with zero attached hydrogens (tertiary/aromatic N) is 2. The lowest BCUT2D eigenvalue weighted by Gasteiger charge is -2.14. The molecule has 3 aromatic rings. The first-order valence-electron chi connectivity index (χ1n) is 7.81. The van der Waals surface area contributed by atoms with Crippen molar-refractivity contribution < 1.29 is 18.3 Å². The standard InChI is InChI=1S/C18H13F2N3O2/c19-12-7-11-15(8-13(12)20)21-9-22-18(11)25-16-5-2-4-14-10(16)3-1-6-17(24)23-14/h2,4-5,7-9H,1,3,6H2,(H,23,24). The van der Waals surface area contributed by atoms with E-state index in [0.717, 1.165) is 17.7 Å². The quantitative estimate of drug-likeness (QED) is 0.766. The third-order valence-corrected chi connectivity index (χ3v) is 4.09. The summed E-state index contributed by atoms with van der Waals surface area (Å²) in [4.78, 5) is 19.7. The van der Waals surface area contributed by atoms with Crippen LogP contribution in [0.15, 0.2) is 36.7 Å². The molecular formula is C18H13F2N3O2. The number of fused-ring (bicyclic) bond motifs is 2. The minimum atomic E-state index is -0.994. The van der Waals surface area contributed by atoms with Crippen molar-refractivity contribution in [2.45, 2.75) is 19.3 Å². The lowest BCUT2D eigenvalue weighted by atomic mass is 10.1. The number of nitrogens with one attached hydrogen (secondary N) is 1. The molecule has 0 fully saturated rings. The summed E-state index contributed by atoms with van der Waals surface area (Å²) in [7, 11) is 0. The number of ether oxygens (including phenoxy) is 1. The molecule has 2 heterocycles. The number of carbonyl (C=O) groups is 1. The highest BCUT2D eigenvalue weighted by Gasteiger charge is 2.18. The van der Waals surface area contributed by atoms with E-state index in [2.05, 4.69) is 15.3 Å². The molecule has 0 radical (unpaired) electrons. The molecule has 0 unspecified atom stereocenters. The molecule has 25 heavy (non-hydrogen) atoms. The smallest absolute Gasteiger partial charge is 0.230 e. The van der Waals surface area contributed by atoms with Crippen molar-refractivity contribution in [2.75, 3.05) is 5.32 Å². The zero-order valence-corrected chi connectivity index (χ0v) is 13.1. The second kappa shape index (κ2) is 6.08. The van der Waals surface area contributed by atoms with Gasteiger partial charge in [0.15, 0.2) is 11.6 Å². The van der Waals surface area contributed by atoms with E-state index in [9.17, 15) is 13.6 Å². The maximum atomic E-state index is 13.6. The lowest BCUT2D eigenvalue weighted by Crippen LogP contribution is -2.09. The number of rotatable bonds is 2. The van der Waals surface area contributed by atoms with Crippen molar-refractivity contribution in [1.82, 2.24) is 9.97 Å². The van der Waals surface area contributed by atoms with Crippen LogP contribution in [0, 0.1) is 11.6 Å². The first-order valence-corrected chi connectivity index (χ1v) is 7.81. The van der Waals surface area contributed by atoms with E-state index >= 15 is 0 Å². The fraction of sp³-hybridized carbons (Fsp3) is 0.167. The molecule has 1 amide bonds. The zero-order chi connectivity index (χ0) is 17.4. The fourth-order valence-corrected chi connectivity index (χ4v) is 2.89. The van der Waals surface area contributed by atoms with E-state index in [1.807, 2.05) is 0 Å². The number of hydrogen-bond donors (Lipinski definition) is 1. The summed E-state index contributed by atoms with van der Waals surface area (Å²) in [5.41, 5.74) is 1.79. The average Bonchev–Trinajstić information content (AvgIpc) is 2.78. The molecule has 0 spiro atoms. The van der Waals surface area contributed by atoms with E-state index < -0.39 is 11.6 Å². The zero-order valence-electron chi connectivity index (χ0n) is 13.1. The van der Waals surface area contributed by atoms with Crippen molar-refractivity contribution in [3.05, 3.63) is 53.9 Å². The minimum absolute atomic E-state index is 0.0408. The Labute approximate surface area is 141 Å². The SMILES string of the molecule is O=C1CCCc2c(cccc2Oc2ncnc3cc(F)c(F)cc23)N1. The summed E-state index contributed by atoms with van der Waals surface area (Å²) in [5.74, 6) is -1.36. The van der Waals surface area contributed by atoms with Crippen LogP contribution in [-0.4, -0.2) is 15.9 Å². The Kier molecular flexibility index (Phi) is 3.76. The molecule has 0 saturated heterocycles. The van der Waals surface area contributed by atoms with Crippen molar-refractivity contribution >= 4 is 22.5 Å². The molecule has 0 aliphatic carbocycles. The lowest BCUT2D eigenvalue weighted by molar-refractivity contribution is -0.116. The number of benzene rings is 2. The van der Waals surface area contributed by atoms with E-state index in [1.54, 1.807) is 18.2 Å². The van der Waals surface area contributed by atoms with Crippen molar-refractivity contribution in [3.63, 3.8) is 0 Å². The Hall–Kier alpha value is -3.09. The Balaban J connectivity index is 1.79. The maximum Gasteiger partial charge on any atom is 0.230 e. The van der Waals surface area contributed by atoms with Gasteiger partial charge in [0.25, 0.3) is 0 Å².